The average molecular weight is 403 g/mol. The molecule has 0 heterocycles. The molecule has 0 aliphatic carbocycles. The van der Waals surface area contributed by atoms with Crippen LogP contribution in [0, 0.1) is 0 Å². The molecule has 0 N–H and O–H groups in total. The molecule has 0 aromatic heterocycles. The lowest BCUT2D eigenvalue weighted by Crippen LogP contribution is -2.03. The SMILES string of the molecule is CCCCCCCC/C=C\CCCCCCCCCCCCOS(C)(=O)=O. The molecule has 4 heteroatoms. The van der Waals surface area contributed by atoms with Crippen LogP contribution in [-0.4, -0.2) is 21.3 Å². The topological polar surface area (TPSA) is 43.4 Å². The summed E-state index contributed by atoms with van der Waals surface area (Å²) < 4.78 is 26.3. The summed E-state index contributed by atoms with van der Waals surface area (Å²) in [6, 6.07) is 0. The molecule has 0 aliphatic rings. The van der Waals surface area contributed by atoms with E-state index in [0.717, 1.165) is 19.1 Å². The minimum absolute atomic E-state index is 0.340. The summed E-state index contributed by atoms with van der Waals surface area (Å²) in [5, 5.41) is 0. The minimum Gasteiger partial charge on any atom is -0.270 e. The summed E-state index contributed by atoms with van der Waals surface area (Å²) in [7, 11) is -3.25. The first-order valence-electron chi connectivity index (χ1n) is 11.6. The van der Waals surface area contributed by atoms with Crippen LogP contribution in [0.25, 0.3) is 0 Å². The minimum atomic E-state index is -3.25. The van der Waals surface area contributed by atoms with Crippen LogP contribution >= 0.6 is 0 Å². The second-order valence-corrected chi connectivity index (χ2v) is 9.52. The second kappa shape index (κ2) is 20.4. The molecule has 0 saturated carbocycles. The van der Waals surface area contributed by atoms with Crippen molar-refractivity contribution in [2.45, 2.75) is 122 Å². The molecular formula is C23H46O3S. The molecule has 0 radical (unpaired) electrons. The molecule has 0 aromatic carbocycles. The highest BCUT2D eigenvalue weighted by Gasteiger charge is 2.00. The van der Waals surface area contributed by atoms with Crippen molar-refractivity contribution in [3.05, 3.63) is 12.2 Å². The Labute approximate surface area is 170 Å². The molecule has 27 heavy (non-hydrogen) atoms. The molecule has 0 fully saturated rings. The van der Waals surface area contributed by atoms with Gasteiger partial charge in [-0.25, -0.2) is 0 Å². The second-order valence-electron chi connectivity index (χ2n) is 7.88. The van der Waals surface area contributed by atoms with E-state index in [1.807, 2.05) is 0 Å². The van der Waals surface area contributed by atoms with Crippen molar-refractivity contribution in [1.29, 1.82) is 0 Å². The van der Waals surface area contributed by atoms with E-state index in [2.05, 4.69) is 19.1 Å². The Morgan fingerprint density at radius 3 is 1.37 bits per heavy atom. The third-order valence-corrected chi connectivity index (χ3v) is 5.55. The fourth-order valence-corrected chi connectivity index (χ4v) is 3.69. The highest BCUT2D eigenvalue weighted by Crippen LogP contribution is 2.12. The van der Waals surface area contributed by atoms with Gasteiger partial charge < -0.3 is 0 Å². The van der Waals surface area contributed by atoms with Gasteiger partial charge in [0.2, 0.25) is 0 Å². The highest BCUT2D eigenvalue weighted by atomic mass is 32.2. The summed E-state index contributed by atoms with van der Waals surface area (Å²) in [5.74, 6) is 0. The van der Waals surface area contributed by atoms with E-state index in [1.54, 1.807) is 0 Å². The van der Waals surface area contributed by atoms with E-state index >= 15 is 0 Å². The van der Waals surface area contributed by atoms with Crippen molar-refractivity contribution >= 4 is 10.1 Å². The van der Waals surface area contributed by atoms with Crippen LogP contribution in [0.1, 0.15) is 122 Å². The Balaban J connectivity index is 3.11. The monoisotopic (exact) mass is 402 g/mol. The Kier molecular flexibility index (Phi) is 20.1. The van der Waals surface area contributed by atoms with Gasteiger partial charge in [0.1, 0.15) is 0 Å². The summed E-state index contributed by atoms with van der Waals surface area (Å²) in [4.78, 5) is 0. The quantitative estimate of drug-likeness (QED) is 0.113. The Morgan fingerprint density at radius 2 is 0.963 bits per heavy atom. The summed E-state index contributed by atoms with van der Waals surface area (Å²) in [6.07, 6.45) is 29.2. The molecule has 0 aliphatic heterocycles. The Morgan fingerprint density at radius 1 is 0.593 bits per heavy atom. The molecule has 0 spiro atoms. The predicted molar refractivity (Wildman–Crippen MR) is 119 cm³/mol. The molecule has 0 bridgehead atoms. The van der Waals surface area contributed by atoms with Crippen LogP contribution in [0.5, 0.6) is 0 Å². The first-order valence-corrected chi connectivity index (χ1v) is 13.4. The van der Waals surface area contributed by atoms with Gasteiger partial charge in [-0.3, -0.25) is 4.18 Å². The smallest absolute Gasteiger partial charge is 0.264 e. The van der Waals surface area contributed by atoms with E-state index < -0.39 is 10.1 Å². The fourth-order valence-electron chi connectivity index (χ4n) is 3.27. The number of rotatable bonds is 21. The van der Waals surface area contributed by atoms with Gasteiger partial charge in [0.25, 0.3) is 10.1 Å². The number of hydrogen-bond acceptors (Lipinski definition) is 3. The van der Waals surface area contributed by atoms with Gasteiger partial charge in [-0.2, -0.15) is 8.42 Å². The first-order chi connectivity index (χ1) is 13.1. The zero-order chi connectivity index (χ0) is 20.1. The molecule has 0 saturated heterocycles. The van der Waals surface area contributed by atoms with Crippen molar-refractivity contribution in [3.8, 4) is 0 Å². The molecule has 162 valence electrons. The maximum Gasteiger partial charge on any atom is 0.264 e. The third-order valence-electron chi connectivity index (χ3n) is 4.95. The van der Waals surface area contributed by atoms with Gasteiger partial charge in [-0.1, -0.05) is 103 Å². The van der Waals surface area contributed by atoms with Gasteiger partial charge >= 0.3 is 0 Å². The fraction of sp³-hybridized carbons (Fsp3) is 0.913. The van der Waals surface area contributed by atoms with E-state index in [-0.39, 0.29) is 0 Å². The van der Waals surface area contributed by atoms with E-state index in [9.17, 15) is 8.42 Å². The molecule has 0 unspecified atom stereocenters. The lowest BCUT2D eigenvalue weighted by atomic mass is 10.1. The zero-order valence-electron chi connectivity index (χ0n) is 18.2. The van der Waals surface area contributed by atoms with Crippen molar-refractivity contribution in [2.24, 2.45) is 0 Å². The molecule has 0 atom stereocenters. The summed E-state index contributed by atoms with van der Waals surface area (Å²) >= 11 is 0. The largest absolute Gasteiger partial charge is 0.270 e. The van der Waals surface area contributed by atoms with E-state index in [0.29, 0.717) is 6.61 Å². The van der Waals surface area contributed by atoms with Crippen LogP contribution in [0.15, 0.2) is 12.2 Å². The number of unbranched alkanes of at least 4 members (excludes halogenated alkanes) is 16. The summed E-state index contributed by atoms with van der Waals surface area (Å²) in [5.41, 5.74) is 0. The van der Waals surface area contributed by atoms with Crippen LogP contribution in [-0.2, 0) is 14.3 Å². The van der Waals surface area contributed by atoms with Crippen LogP contribution in [0.3, 0.4) is 0 Å². The lowest BCUT2D eigenvalue weighted by Gasteiger charge is -2.03. The lowest BCUT2D eigenvalue weighted by molar-refractivity contribution is 0.309. The normalized spacial score (nSPS) is 12.2. The van der Waals surface area contributed by atoms with Crippen molar-refractivity contribution in [2.75, 3.05) is 12.9 Å². The van der Waals surface area contributed by atoms with Crippen LogP contribution < -0.4 is 0 Å². The Bertz CT molecular complexity index is 415. The van der Waals surface area contributed by atoms with Crippen molar-refractivity contribution in [1.82, 2.24) is 0 Å². The zero-order valence-corrected chi connectivity index (χ0v) is 19.0. The maximum atomic E-state index is 10.8. The molecule has 0 aromatic rings. The van der Waals surface area contributed by atoms with Crippen molar-refractivity contribution in [3.63, 3.8) is 0 Å². The molecule has 0 amide bonds. The summed E-state index contributed by atoms with van der Waals surface area (Å²) in [6.45, 7) is 2.61. The number of hydrogen-bond donors (Lipinski definition) is 0. The third kappa shape index (κ3) is 25.7. The van der Waals surface area contributed by atoms with Crippen LogP contribution in [0.2, 0.25) is 0 Å². The number of allylic oxidation sites excluding steroid dienone is 2. The van der Waals surface area contributed by atoms with Crippen molar-refractivity contribution < 1.29 is 12.6 Å². The van der Waals surface area contributed by atoms with E-state index in [1.165, 1.54) is 103 Å². The van der Waals surface area contributed by atoms with Gasteiger partial charge in [-0.15, -0.1) is 0 Å². The van der Waals surface area contributed by atoms with Gasteiger partial charge in [0, 0.05) is 0 Å². The predicted octanol–water partition coefficient (Wildman–Crippen LogP) is 7.56. The van der Waals surface area contributed by atoms with Gasteiger partial charge in [-0.05, 0) is 32.1 Å². The Hall–Kier alpha value is -0.350. The maximum absolute atomic E-state index is 10.8. The molecular weight excluding hydrogens is 356 g/mol. The van der Waals surface area contributed by atoms with Gasteiger partial charge in [0.15, 0.2) is 0 Å². The molecule has 0 rings (SSSR count). The highest BCUT2D eigenvalue weighted by molar-refractivity contribution is 7.85. The van der Waals surface area contributed by atoms with Gasteiger partial charge in [0.05, 0.1) is 12.9 Å². The standard InChI is InChI=1S/C23H46O3S/c1-3-4-5-6-7-8-9-10-11-12-13-14-15-16-17-18-19-20-21-22-23-26-27(2,24)25/h10-11H,3-9,12-23H2,1-2H3/b11-10-. The molecule has 3 nitrogen and oxygen atoms in total. The van der Waals surface area contributed by atoms with E-state index in [4.69, 9.17) is 4.18 Å². The van der Waals surface area contributed by atoms with Crippen LogP contribution in [0.4, 0.5) is 0 Å². The first kappa shape index (κ1) is 26.6. The average Bonchev–Trinajstić information content (AvgIpc) is 2.62.